The molecule has 46 heavy (non-hydrogen) atoms. The van der Waals surface area contributed by atoms with Crippen LogP contribution >= 0.6 is 0 Å². The number of imidazole rings is 1. The first-order chi connectivity index (χ1) is 22.3. The summed E-state index contributed by atoms with van der Waals surface area (Å²) >= 11 is 0. The predicted octanol–water partition coefficient (Wildman–Crippen LogP) is 10.2. The number of benzene rings is 5. The third kappa shape index (κ3) is 4.26. The molecule has 0 atom stereocenters. The minimum atomic E-state index is 0.352. The third-order valence-corrected chi connectivity index (χ3v) is 9.43. The molecule has 5 heteroatoms. The summed E-state index contributed by atoms with van der Waals surface area (Å²) in [4.78, 5) is 0. The van der Waals surface area contributed by atoms with Gasteiger partial charge >= 0.3 is 0 Å². The number of hydrogen-bond acceptors (Lipinski definition) is 3. The van der Waals surface area contributed by atoms with Gasteiger partial charge in [-0.1, -0.05) is 100 Å². The zero-order chi connectivity index (χ0) is 31.7. The molecule has 5 nitrogen and oxygen atoms in total. The standard InChI is InChI=1S/C41H37N4O/c1-24(2)29-15-12-16-30(25(3)4)39(29)45-36-18-11-10-17-35(36)44(6)41(45)38-26(5)19-20-31-32-23-34-28(22-37(32)46-40(31)38)21-33(42-43-34)27-13-8-7-9-14-27/h7-25H,1-6H3/q+1. The van der Waals surface area contributed by atoms with Gasteiger partial charge in [-0.25, -0.2) is 4.57 Å². The van der Waals surface area contributed by atoms with Gasteiger partial charge in [-0.05, 0) is 54.7 Å². The van der Waals surface area contributed by atoms with Gasteiger partial charge in [0.2, 0.25) is 0 Å². The van der Waals surface area contributed by atoms with Gasteiger partial charge in [-0.15, -0.1) is 10.2 Å². The molecule has 0 fully saturated rings. The average molecular weight is 602 g/mol. The topological polar surface area (TPSA) is 47.7 Å². The molecule has 8 aromatic rings. The van der Waals surface area contributed by atoms with Crippen LogP contribution in [0.2, 0.25) is 0 Å². The van der Waals surface area contributed by atoms with Gasteiger partial charge in [0.25, 0.3) is 5.82 Å². The van der Waals surface area contributed by atoms with Crippen molar-refractivity contribution in [1.29, 1.82) is 0 Å². The summed E-state index contributed by atoms with van der Waals surface area (Å²) in [6.07, 6.45) is 0. The summed E-state index contributed by atoms with van der Waals surface area (Å²) in [6, 6.07) is 36.4. The van der Waals surface area contributed by atoms with E-state index in [1.165, 1.54) is 27.8 Å². The van der Waals surface area contributed by atoms with Crippen molar-refractivity contribution in [2.45, 2.75) is 46.5 Å². The quantitative estimate of drug-likeness (QED) is 0.184. The molecule has 0 aliphatic carbocycles. The van der Waals surface area contributed by atoms with Gasteiger partial charge in [0, 0.05) is 32.8 Å². The van der Waals surface area contributed by atoms with Crippen LogP contribution in [0.3, 0.4) is 0 Å². The van der Waals surface area contributed by atoms with Crippen molar-refractivity contribution in [3.63, 3.8) is 0 Å². The van der Waals surface area contributed by atoms with Crippen LogP contribution in [0.15, 0.2) is 108 Å². The molecule has 226 valence electrons. The van der Waals surface area contributed by atoms with Crippen LogP contribution in [0.5, 0.6) is 0 Å². The first kappa shape index (κ1) is 28.2. The first-order valence-electron chi connectivity index (χ1n) is 16.1. The van der Waals surface area contributed by atoms with E-state index in [0.717, 1.165) is 61.1 Å². The minimum Gasteiger partial charge on any atom is -0.455 e. The number of nitrogens with zero attached hydrogens (tertiary/aromatic N) is 4. The normalized spacial score (nSPS) is 12.1. The molecule has 0 amide bonds. The Labute approximate surface area is 268 Å². The molecule has 3 heterocycles. The maximum Gasteiger partial charge on any atom is 0.299 e. The van der Waals surface area contributed by atoms with Crippen LogP contribution in [-0.4, -0.2) is 14.8 Å². The second kappa shape index (κ2) is 10.7. The number of aromatic nitrogens is 4. The van der Waals surface area contributed by atoms with Gasteiger partial charge in [0.05, 0.1) is 18.3 Å². The lowest BCUT2D eigenvalue weighted by Crippen LogP contribution is -2.30. The molecular weight excluding hydrogens is 564 g/mol. The van der Waals surface area contributed by atoms with Crippen LogP contribution in [0.25, 0.3) is 72.2 Å². The molecule has 0 aliphatic rings. The molecule has 0 saturated carbocycles. The Hall–Kier alpha value is -5.29. The fourth-order valence-electron chi connectivity index (χ4n) is 7.09. The van der Waals surface area contributed by atoms with Crippen molar-refractivity contribution >= 4 is 43.9 Å². The fourth-order valence-corrected chi connectivity index (χ4v) is 7.09. The molecule has 0 saturated heterocycles. The summed E-state index contributed by atoms with van der Waals surface area (Å²) in [6.45, 7) is 11.3. The SMILES string of the molecule is Cc1ccc2c(oc3cc4cc(-c5ccccc5)nnc4cc32)c1-c1n(-c2c(C(C)C)cccc2C(C)C)c2ccccc2[n+]1C. The van der Waals surface area contributed by atoms with E-state index in [0.29, 0.717) is 11.8 Å². The lowest BCUT2D eigenvalue weighted by molar-refractivity contribution is -0.633. The molecule has 0 radical (unpaired) electrons. The van der Waals surface area contributed by atoms with Gasteiger partial charge in [-0.2, -0.15) is 4.57 Å². The van der Waals surface area contributed by atoms with Crippen LogP contribution in [0.1, 0.15) is 56.2 Å². The number of furan rings is 1. The Balaban J connectivity index is 1.46. The van der Waals surface area contributed by atoms with Gasteiger partial charge in [0.15, 0.2) is 16.6 Å². The van der Waals surface area contributed by atoms with Crippen LogP contribution < -0.4 is 4.57 Å². The van der Waals surface area contributed by atoms with E-state index in [2.05, 4.69) is 146 Å². The fraction of sp³-hybridized carbons (Fsp3) is 0.195. The Bertz CT molecular complexity index is 2420. The Morgan fingerprint density at radius 1 is 0.717 bits per heavy atom. The number of aryl methyl sites for hydroxylation is 2. The zero-order valence-corrected chi connectivity index (χ0v) is 27.2. The summed E-state index contributed by atoms with van der Waals surface area (Å²) in [5, 5.41) is 12.3. The van der Waals surface area contributed by atoms with E-state index in [-0.39, 0.29) is 0 Å². The monoisotopic (exact) mass is 601 g/mol. The largest absolute Gasteiger partial charge is 0.455 e. The molecule has 0 bridgehead atoms. The molecule has 3 aromatic heterocycles. The summed E-state index contributed by atoms with van der Waals surface area (Å²) in [5.74, 6) is 1.81. The van der Waals surface area contributed by atoms with Crippen molar-refractivity contribution in [2.75, 3.05) is 0 Å². The van der Waals surface area contributed by atoms with E-state index in [9.17, 15) is 0 Å². The number of hydrogen-bond donors (Lipinski definition) is 0. The summed E-state index contributed by atoms with van der Waals surface area (Å²) in [5.41, 5.74) is 13.0. The molecule has 0 unspecified atom stereocenters. The van der Waals surface area contributed by atoms with E-state index in [4.69, 9.17) is 4.42 Å². The third-order valence-electron chi connectivity index (χ3n) is 9.43. The number of para-hydroxylation sites is 3. The second-order valence-corrected chi connectivity index (χ2v) is 13.0. The Kier molecular flexibility index (Phi) is 6.54. The predicted molar refractivity (Wildman–Crippen MR) is 189 cm³/mol. The highest BCUT2D eigenvalue weighted by molar-refractivity contribution is 6.13. The van der Waals surface area contributed by atoms with E-state index in [1.807, 2.05) is 18.2 Å². The van der Waals surface area contributed by atoms with Crippen LogP contribution in [0.4, 0.5) is 0 Å². The highest BCUT2D eigenvalue weighted by Gasteiger charge is 2.33. The zero-order valence-electron chi connectivity index (χ0n) is 27.2. The van der Waals surface area contributed by atoms with E-state index in [1.54, 1.807) is 0 Å². The molecule has 0 spiro atoms. The second-order valence-electron chi connectivity index (χ2n) is 13.0. The van der Waals surface area contributed by atoms with E-state index < -0.39 is 0 Å². The van der Waals surface area contributed by atoms with Crippen molar-refractivity contribution in [1.82, 2.24) is 14.8 Å². The van der Waals surface area contributed by atoms with Gasteiger partial charge < -0.3 is 4.42 Å². The van der Waals surface area contributed by atoms with E-state index >= 15 is 0 Å². The smallest absolute Gasteiger partial charge is 0.299 e. The van der Waals surface area contributed by atoms with Crippen molar-refractivity contribution < 1.29 is 8.98 Å². The first-order valence-corrected chi connectivity index (χ1v) is 16.1. The van der Waals surface area contributed by atoms with Crippen LogP contribution in [0, 0.1) is 6.92 Å². The number of rotatable bonds is 5. The lowest BCUT2D eigenvalue weighted by atomic mass is 9.92. The summed E-state index contributed by atoms with van der Waals surface area (Å²) in [7, 11) is 2.18. The van der Waals surface area contributed by atoms with Crippen molar-refractivity contribution in [2.24, 2.45) is 7.05 Å². The highest BCUT2D eigenvalue weighted by atomic mass is 16.3. The van der Waals surface area contributed by atoms with Gasteiger partial charge in [-0.3, -0.25) is 0 Å². The maximum absolute atomic E-state index is 6.89. The van der Waals surface area contributed by atoms with Crippen LogP contribution in [-0.2, 0) is 7.05 Å². The molecule has 0 aliphatic heterocycles. The Morgan fingerprint density at radius 3 is 2.17 bits per heavy atom. The minimum absolute atomic E-state index is 0.352. The lowest BCUT2D eigenvalue weighted by Gasteiger charge is -2.18. The molecule has 0 N–H and O–H groups in total. The average Bonchev–Trinajstić information content (AvgIpc) is 3.57. The molecule has 5 aromatic carbocycles. The maximum atomic E-state index is 6.89. The highest BCUT2D eigenvalue weighted by Crippen LogP contribution is 2.42. The van der Waals surface area contributed by atoms with Gasteiger partial charge in [0.1, 0.15) is 16.8 Å². The van der Waals surface area contributed by atoms with Crippen molar-refractivity contribution in [3.8, 4) is 28.3 Å². The molecular formula is C41H37N4O+. The number of fused-ring (bicyclic) bond motifs is 5. The van der Waals surface area contributed by atoms with Crippen molar-refractivity contribution in [3.05, 3.63) is 120 Å². The molecule has 8 rings (SSSR count). The Morgan fingerprint density at radius 2 is 1.43 bits per heavy atom. The summed E-state index contributed by atoms with van der Waals surface area (Å²) < 4.78 is 11.7.